The number of ketones is 1. The maximum Gasteiger partial charge on any atom is 0.411 e. The van der Waals surface area contributed by atoms with Gasteiger partial charge in [0.2, 0.25) is 0 Å². The highest BCUT2D eigenvalue weighted by atomic mass is 35.5. The van der Waals surface area contributed by atoms with E-state index in [0.29, 0.717) is 17.0 Å². The Morgan fingerprint density at radius 2 is 2.21 bits per heavy atom. The maximum absolute atomic E-state index is 11.6. The summed E-state index contributed by atoms with van der Waals surface area (Å²) in [6.45, 7) is 3.77. The molecule has 0 aromatic heterocycles. The molecular formula is C13H14ClNO4. The molecule has 0 spiro atoms. The second-order valence-corrected chi connectivity index (χ2v) is 3.75. The molecule has 0 saturated carbocycles. The minimum Gasteiger partial charge on any atom is -0.489 e. The number of Topliss-reactive ketones (excluding diaryl/α,β-unsaturated/α-hetero) is 1. The summed E-state index contributed by atoms with van der Waals surface area (Å²) < 4.78 is 9.85. The minimum atomic E-state index is -0.605. The Kier molecular flexibility index (Phi) is 5.89. The molecule has 0 heterocycles. The van der Waals surface area contributed by atoms with Crippen LogP contribution in [0.25, 0.3) is 0 Å². The fraction of sp³-hybridized carbons (Fsp3) is 0.231. The Hall–Kier alpha value is -2.01. The molecule has 0 unspecified atom stereocenters. The molecule has 102 valence electrons. The van der Waals surface area contributed by atoms with Crippen LogP contribution < -0.4 is 10.1 Å². The van der Waals surface area contributed by atoms with Crippen LogP contribution in [-0.4, -0.2) is 31.5 Å². The zero-order valence-corrected chi connectivity index (χ0v) is 11.2. The van der Waals surface area contributed by atoms with Crippen molar-refractivity contribution in [1.29, 1.82) is 0 Å². The lowest BCUT2D eigenvalue weighted by Crippen LogP contribution is -2.12. The summed E-state index contributed by atoms with van der Waals surface area (Å²) in [7, 11) is 1.26. The van der Waals surface area contributed by atoms with Gasteiger partial charge in [-0.05, 0) is 12.1 Å². The third-order valence-corrected chi connectivity index (χ3v) is 2.43. The summed E-state index contributed by atoms with van der Waals surface area (Å²) in [4.78, 5) is 22.7. The van der Waals surface area contributed by atoms with E-state index in [-0.39, 0.29) is 18.3 Å². The van der Waals surface area contributed by atoms with E-state index >= 15 is 0 Å². The van der Waals surface area contributed by atoms with Gasteiger partial charge in [0.25, 0.3) is 0 Å². The second kappa shape index (κ2) is 7.43. The van der Waals surface area contributed by atoms with E-state index in [1.54, 1.807) is 12.1 Å². The number of halogens is 1. The first-order valence-corrected chi connectivity index (χ1v) is 5.97. The highest BCUT2D eigenvalue weighted by Crippen LogP contribution is 2.24. The molecular weight excluding hydrogens is 270 g/mol. The van der Waals surface area contributed by atoms with Gasteiger partial charge in [-0.15, -0.1) is 11.6 Å². The van der Waals surface area contributed by atoms with E-state index in [0.717, 1.165) is 0 Å². The lowest BCUT2D eigenvalue weighted by atomic mass is 10.1. The van der Waals surface area contributed by atoms with Crippen LogP contribution in [0.4, 0.5) is 10.5 Å². The molecule has 0 atom stereocenters. The summed E-state index contributed by atoms with van der Waals surface area (Å²) in [5.74, 6) is -0.0707. The van der Waals surface area contributed by atoms with Crippen molar-refractivity contribution in [2.24, 2.45) is 0 Å². The molecule has 6 heteroatoms. The fourth-order valence-corrected chi connectivity index (χ4v) is 1.48. The Labute approximate surface area is 116 Å². The van der Waals surface area contributed by atoms with Gasteiger partial charge in [-0.3, -0.25) is 10.1 Å². The van der Waals surface area contributed by atoms with Gasteiger partial charge in [-0.25, -0.2) is 4.79 Å². The van der Waals surface area contributed by atoms with Crippen molar-refractivity contribution in [2.45, 2.75) is 0 Å². The number of benzene rings is 1. The largest absolute Gasteiger partial charge is 0.489 e. The SMILES string of the molecule is C=CCOc1cc(NC(=O)OC)ccc1C(=O)CCl. The first-order chi connectivity index (χ1) is 9.12. The van der Waals surface area contributed by atoms with Crippen LogP contribution in [0.1, 0.15) is 10.4 Å². The molecule has 19 heavy (non-hydrogen) atoms. The number of alkyl halides is 1. The van der Waals surface area contributed by atoms with E-state index in [9.17, 15) is 9.59 Å². The molecule has 5 nitrogen and oxygen atoms in total. The number of nitrogens with one attached hydrogen (secondary N) is 1. The van der Waals surface area contributed by atoms with Crippen LogP contribution in [0.15, 0.2) is 30.9 Å². The van der Waals surface area contributed by atoms with Crippen molar-refractivity contribution < 1.29 is 19.1 Å². The topological polar surface area (TPSA) is 64.6 Å². The van der Waals surface area contributed by atoms with Crippen molar-refractivity contribution in [3.05, 3.63) is 36.4 Å². The Morgan fingerprint density at radius 1 is 1.47 bits per heavy atom. The standard InChI is InChI=1S/C13H14ClNO4/c1-3-6-19-12-7-9(15-13(17)18-2)4-5-10(12)11(16)8-14/h3-5,7H,1,6,8H2,2H3,(H,15,17). The molecule has 0 aliphatic rings. The van der Waals surface area contributed by atoms with E-state index in [4.69, 9.17) is 16.3 Å². The third kappa shape index (κ3) is 4.30. The summed E-state index contributed by atoms with van der Waals surface area (Å²) in [6, 6.07) is 4.63. The van der Waals surface area contributed by atoms with Crippen LogP contribution in [0.3, 0.4) is 0 Å². The van der Waals surface area contributed by atoms with Gasteiger partial charge in [0.1, 0.15) is 12.4 Å². The molecule has 0 bridgehead atoms. The number of hydrogen-bond donors (Lipinski definition) is 1. The van der Waals surface area contributed by atoms with E-state index in [2.05, 4.69) is 16.6 Å². The molecule has 0 fully saturated rings. The first-order valence-electron chi connectivity index (χ1n) is 5.44. The number of methoxy groups -OCH3 is 1. The monoisotopic (exact) mass is 283 g/mol. The molecule has 0 saturated heterocycles. The summed E-state index contributed by atoms with van der Waals surface area (Å²) in [5, 5.41) is 2.48. The van der Waals surface area contributed by atoms with Gasteiger partial charge < -0.3 is 9.47 Å². The van der Waals surface area contributed by atoms with Crippen LogP contribution in [0.5, 0.6) is 5.75 Å². The van der Waals surface area contributed by atoms with Gasteiger partial charge >= 0.3 is 6.09 Å². The normalized spacial score (nSPS) is 9.58. The van der Waals surface area contributed by atoms with Gasteiger partial charge in [-0.2, -0.15) is 0 Å². The Bertz CT molecular complexity index is 488. The van der Waals surface area contributed by atoms with Crippen LogP contribution in [0, 0.1) is 0 Å². The summed E-state index contributed by atoms with van der Waals surface area (Å²) in [5.41, 5.74) is 0.810. The third-order valence-electron chi connectivity index (χ3n) is 2.19. The minimum absolute atomic E-state index is 0.145. The number of rotatable bonds is 6. The average molecular weight is 284 g/mol. The van der Waals surface area contributed by atoms with Crippen molar-refractivity contribution in [3.63, 3.8) is 0 Å². The Morgan fingerprint density at radius 3 is 2.79 bits per heavy atom. The van der Waals surface area contributed by atoms with Gasteiger partial charge in [0.15, 0.2) is 5.78 Å². The van der Waals surface area contributed by atoms with Crippen molar-refractivity contribution in [3.8, 4) is 5.75 Å². The Balaban J connectivity index is 3.03. The molecule has 0 aliphatic carbocycles. The number of amides is 1. The molecule has 1 amide bonds. The van der Waals surface area contributed by atoms with Gasteiger partial charge in [0.05, 0.1) is 18.6 Å². The van der Waals surface area contributed by atoms with Crippen LogP contribution in [-0.2, 0) is 4.74 Å². The first kappa shape index (κ1) is 15.0. The molecule has 1 aromatic rings. The summed E-state index contributed by atoms with van der Waals surface area (Å²) >= 11 is 5.52. The average Bonchev–Trinajstić information content (AvgIpc) is 2.44. The van der Waals surface area contributed by atoms with Gasteiger partial charge in [0, 0.05) is 11.8 Å². The quantitative estimate of drug-likeness (QED) is 0.495. The van der Waals surface area contributed by atoms with Crippen molar-refractivity contribution in [1.82, 2.24) is 0 Å². The highest BCUT2D eigenvalue weighted by molar-refractivity contribution is 6.30. The van der Waals surface area contributed by atoms with Crippen molar-refractivity contribution >= 4 is 29.2 Å². The molecule has 0 aliphatic heterocycles. The lowest BCUT2D eigenvalue weighted by molar-refractivity contribution is 0.101. The van der Waals surface area contributed by atoms with Crippen LogP contribution >= 0.6 is 11.6 Å². The second-order valence-electron chi connectivity index (χ2n) is 3.48. The molecule has 1 aromatic carbocycles. The van der Waals surface area contributed by atoms with E-state index in [1.807, 2.05) is 0 Å². The number of carbonyl (C=O) groups excluding carboxylic acids is 2. The number of anilines is 1. The van der Waals surface area contributed by atoms with Crippen LogP contribution in [0.2, 0.25) is 0 Å². The summed E-state index contributed by atoms with van der Waals surface area (Å²) in [6.07, 6.45) is 0.945. The van der Waals surface area contributed by atoms with Crippen molar-refractivity contribution in [2.75, 3.05) is 24.9 Å². The maximum atomic E-state index is 11.6. The zero-order valence-electron chi connectivity index (χ0n) is 10.4. The molecule has 1 rings (SSSR count). The predicted molar refractivity (Wildman–Crippen MR) is 73.2 cm³/mol. The number of carbonyl (C=O) groups is 2. The van der Waals surface area contributed by atoms with E-state index < -0.39 is 6.09 Å². The predicted octanol–water partition coefficient (Wildman–Crippen LogP) is 2.85. The number of ether oxygens (including phenoxy) is 2. The lowest BCUT2D eigenvalue weighted by Gasteiger charge is -2.11. The molecule has 1 N–H and O–H groups in total. The fourth-order valence-electron chi connectivity index (χ4n) is 1.34. The zero-order chi connectivity index (χ0) is 14.3. The van der Waals surface area contributed by atoms with Gasteiger partial charge in [-0.1, -0.05) is 12.7 Å². The number of hydrogen-bond acceptors (Lipinski definition) is 4. The molecule has 0 radical (unpaired) electrons. The highest BCUT2D eigenvalue weighted by Gasteiger charge is 2.13. The smallest absolute Gasteiger partial charge is 0.411 e. The van der Waals surface area contributed by atoms with E-state index in [1.165, 1.54) is 19.2 Å².